The Balaban J connectivity index is 1.84. The molecule has 2 aromatic heterocycles. The number of hydrogen-bond acceptors (Lipinski definition) is 6. The van der Waals surface area contributed by atoms with Crippen LogP contribution in [0.25, 0.3) is 11.0 Å². The molecule has 0 unspecified atom stereocenters. The Morgan fingerprint density at radius 2 is 2.14 bits per heavy atom. The number of benzene rings is 1. The van der Waals surface area contributed by atoms with Gasteiger partial charge in [0.2, 0.25) is 5.89 Å². The Bertz CT molecular complexity index is 866. The molecule has 2 heterocycles. The van der Waals surface area contributed by atoms with Crippen molar-refractivity contribution in [3.63, 3.8) is 0 Å². The highest BCUT2D eigenvalue weighted by Gasteiger charge is 2.14. The Hall–Kier alpha value is -2.96. The summed E-state index contributed by atoms with van der Waals surface area (Å²) in [5, 5.41) is 6.82. The van der Waals surface area contributed by atoms with Crippen molar-refractivity contribution in [2.24, 2.45) is 0 Å². The van der Waals surface area contributed by atoms with Crippen LogP contribution in [0.2, 0.25) is 0 Å². The van der Waals surface area contributed by atoms with Crippen LogP contribution in [0.4, 0.5) is 0 Å². The SMILES string of the molecule is Cc1noc(CNC(=O)c2cc3ccccc3oc2=O)n1. The van der Waals surface area contributed by atoms with Crippen LogP contribution in [0, 0.1) is 6.92 Å². The zero-order chi connectivity index (χ0) is 14.8. The highest BCUT2D eigenvalue weighted by molar-refractivity contribution is 5.96. The van der Waals surface area contributed by atoms with E-state index in [1.807, 2.05) is 0 Å². The number of aryl methyl sites for hydroxylation is 1. The summed E-state index contributed by atoms with van der Waals surface area (Å²) in [6.07, 6.45) is 0. The van der Waals surface area contributed by atoms with Gasteiger partial charge in [0.15, 0.2) is 5.82 Å². The lowest BCUT2D eigenvalue weighted by Crippen LogP contribution is -2.27. The number of carbonyl (C=O) groups excluding carboxylic acids is 1. The molecule has 1 aromatic carbocycles. The molecule has 0 aliphatic rings. The van der Waals surface area contributed by atoms with Gasteiger partial charge in [-0.1, -0.05) is 23.4 Å². The van der Waals surface area contributed by atoms with Gasteiger partial charge in [-0.3, -0.25) is 4.79 Å². The van der Waals surface area contributed by atoms with E-state index in [4.69, 9.17) is 8.94 Å². The molecule has 0 aliphatic heterocycles. The molecule has 0 aliphatic carbocycles. The summed E-state index contributed by atoms with van der Waals surface area (Å²) in [5.41, 5.74) is -0.315. The second-order valence-electron chi connectivity index (χ2n) is 4.40. The third kappa shape index (κ3) is 2.66. The molecule has 0 radical (unpaired) electrons. The van der Waals surface area contributed by atoms with Gasteiger partial charge in [0.1, 0.15) is 11.1 Å². The lowest BCUT2D eigenvalue weighted by molar-refractivity contribution is 0.0942. The molecule has 3 rings (SSSR count). The van der Waals surface area contributed by atoms with Crippen LogP contribution in [0.1, 0.15) is 22.1 Å². The van der Waals surface area contributed by atoms with Crippen LogP contribution in [-0.4, -0.2) is 16.0 Å². The van der Waals surface area contributed by atoms with Crippen LogP contribution in [0.15, 0.2) is 44.1 Å². The minimum atomic E-state index is -0.687. The molecular weight excluding hydrogens is 274 g/mol. The number of aromatic nitrogens is 2. The van der Waals surface area contributed by atoms with Crippen LogP contribution in [0.5, 0.6) is 0 Å². The average Bonchev–Trinajstić information content (AvgIpc) is 2.89. The standard InChI is InChI=1S/C14H11N3O4/c1-8-16-12(21-17-8)7-15-13(18)10-6-9-4-2-3-5-11(9)20-14(10)19/h2-6H,7H2,1H3,(H,15,18). The lowest BCUT2D eigenvalue weighted by Gasteiger charge is -2.02. The van der Waals surface area contributed by atoms with Gasteiger partial charge in [0.25, 0.3) is 5.91 Å². The third-order valence-electron chi connectivity index (χ3n) is 2.86. The quantitative estimate of drug-likeness (QED) is 0.731. The largest absolute Gasteiger partial charge is 0.422 e. The van der Waals surface area contributed by atoms with E-state index in [0.29, 0.717) is 16.8 Å². The zero-order valence-electron chi connectivity index (χ0n) is 11.1. The smallest absolute Gasteiger partial charge is 0.349 e. The molecule has 7 nitrogen and oxygen atoms in total. The van der Waals surface area contributed by atoms with Gasteiger partial charge in [-0.2, -0.15) is 4.98 Å². The van der Waals surface area contributed by atoms with E-state index < -0.39 is 11.5 Å². The molecule has 7 heteroatoms. The maximum Gasteiger partial charge on any atom is 0.349 e. The highest BCUT2D eigenvalue weighted by Crippen LogP contribution is 2.12. The van der Waals surface area contributed by atoms with Crippen LogP contribution in [-0.2, 0) is 6.54 Å². The molecule has 106 valence electrons. The predicted octanol–water partition coefficient (Wildman–Crippen LogP) is 1.41. The molecule has 0 fully saturated rings. The van der Waals surface area contributed by atoms with Crippen molar-refractivity contribution in [3.05, 3.63) is 58.0 Å². The van der Waals surface area contributed by atoms with Gasteiger partial charge < -0.3 is 14.3 Å². The number of carbonyl (C=O) groups is 1. The first-order valence-electron chi connectivity index (χ1n) is 6.24. The van der Waals surface area contributed by atoms with Crippen LogP contribution in [0.3, 0.4) is 0 Å². The maximum atomic E-state index is 12.0. The van der Waals surface area contributed by atoms with Gasteiger partial charge in [-0.25, -0.2) is 4.79 Å². The van der Waals surface area contributed by atoms with Gasteiger partial charge >= 0.3 is 5.63 Å². The Kier molecular flexibility index (Phi) is 3.23. The molecule has 1 N–H and O–H groups in total. The second-order valence-corrected chi connectivity index (χ2v) is 4.40. The first-order valence-corrected chi connectivity index (χ1v) is 6.24. The summed E-state index contributed by atoms with van der Waals surface area (Å²) in [6.45, 7) is 1.72. The normalized spacial score (nSPS) is 10.7. The third-order valence-corrected chi connectivity index (χ3v) is 2.86. The first kappa shape index (κ1) is 13.0. The van der Waals surface area contributed by atoms with Crippen molar-refractivity contribution in [3.8, 4) is 0 Å². The van der Waals surface area contributed by atoms with Gasteiger partial charge in [-0.15, -0.1) is 0 Å². The van der Waals surface area contributed by atoms with E-state index in [0.717, 1.165) is 0 Å². The Morgan fingerprint density at radius 1 is 1.33 bits per heavy atom. The van der Waals surface area contributed by atoms with E-state index in [2.05, 4.69) is 15.5 Å². The molecule has 0 saturated heterocycles. The van der Waals surface area contributed by atoms with Gasteiger partial charge in [-0.05, 0) is 19.1 Å². The van der Waals surface area contributed by atoms with Crippen molar-refractivity contribution in [2.75, 3.05) is 0 Å². The summed E-state index contributed by atoms with van der Waals surface area (Å²) in [4.78, 5) is 27.8. The molecule has 0 atom stereocenters. The fraction of sp³-hybridized carbons (Fsp3) is 0.143. The minimum Gasteiger partial charge on any atom is -0.422 e. The molecule has 0 saturated carbocycles. The van der Waals surface area contributed by atoms with E-state index in [-0.39, 0.29) is 18.0 Å². The first-order chi connectivity index (χ1) is 10.1. The molecule has 3 aromatic rings. The summed E-state index contributed by atoms with van der Waals surface area (Å²) in [5.74, 6) is 0.195. The topological polar surface area (TPSA) is 98.2 Å². The Morgan fingerprint density at radius 3 is 2.90 bits per heavy atom. The molecular formula is C14H11N3O4. The predicted molar refractivity (Wildman–Crippen MR) is 72.7 cm³/mol. The molecule has 21 heavy (non-hydrogen) atoms. The van der Waals surface area contributed by atoms with Crippen molar-refractivity contribution in [1.82, 2.24) is 15.5 Å². The maximum absolute atomic E-state index is 12.0. The fourth-order valence-electron chi connectivity index (χ4n) is 1.88. The van der Waals surface area contributed by atoms with E-state index in [1.54, 1.807) is 31.2 Å². The van der Waals surface area contributed by atoms with Crippen molar-refractivity contribution >= 4 is 16.9 Å². The minimum absolute atomic E-state index is 0.0476. The van der Waals surface area contributed by atoms with E-state index in [1.165, 1.54) is 6.07 Å². The van der Waals surface area contributed by atoms with Crippen LogP contribution >= 0.6 is 0 Å². The van der Waals surface area contributed by atoms with Crippen molar-refractivity contribution in [1.29, 1.82) is 0 Å². The summed E-state index contributed by atoms with van der Waals surface area (Å²) >= 11 is 0. The fourth-order valence-corrected chi connectivity index (χ4v) is 1.88. The molecule has 1 amide bonds. The lowest BCUT2D eigenvalue weighted by atomic mass is 10.2. The molecule has 0 bridgehead atoms. The number of nitrogens with one attached hydrogen (secondary N) is 1. The average molecular weight is 285 g/mol. The molecule has 0 spiro atoms. The number of hydrogen-bond donors (Lipinski definition) is 1. The number of rotatable bonds is 3. The number of nitrogens with zero attached hydrogens (tertiary/aromatic N) is 2. The number of para-hydroxylation sites is 1. The highest BCUT2D eigenvalue weighted by atomic mass is 16.5. The summed E-state index contributed by atoms with van der Waals surface area (Å²) < 4.78 is 9.98. The van der Waals surface area contributed by atoms with E-state index >= 15 is 0 Å². The monoisotopic (exact) mass is 285 g/mol. The van der Waals surface area contributed by atoms with Crippen LogP contribution < -0.4 is 10.9 Å². The van der Waals surface area contributed by atoms with Crippen molar-refractivity contribution in [2.45, 2.75) is 13.5 Å². The van der Waals surface area contributed by atoms with E-state index in [9.17, 15) is 9.59 Å². The summed E-state index contributed by atoms with van der Waals surface area (Å²) in [6, 6.07) is 8.47. The van der Waals surface area contributed by atoms with Gasteiger partial charge in [0, 0.05) is 5.39 Å². The van der Waals surface area contributed by atoms with Gasteiger partial charge in [0.05, 0.1) is 6.54 Å². The number of amides is 1. The number of fused-ring (bicyclic) bond motifs is 1. The summed E-state index contributed by atoms with van der Waals surface area (Å²) in [7, 11) is 0. The Labute approximate surface area is 118 Å². The zero-order valence-corrected chi connectivity index (χ0v) is 11.1. The second kappa shape index (κ2) is 5.20. The van der Waals surface area contributed by atoms with Crippen molar-refractivity contribution < 1.29 is 13.7 Å².